The number of hydrogen-bond donors (Lipinski definition) is 3. The van der Waals surface area contributed by atoms with Crippen LogP contribution in [0.1, 0.15) is 15.9 Å². The van der Waals surface area contributed by atoms with Crippen LogP contribution < -0.4 is 11.1 Å². The van der Waals surface area contributed by atoms with Gasteiger partial charge >= 0.3 is 0 Å². The van der Waals surface area contributed by atoms with Gasteiger partial charge in [0.15, 0.2) is 0 Å². The number of nitrogens with two attached hydrogens (primary N) is 1. The summed E-state index contributed by atoms with van der Waals surface area (Å²) in [4.78, 5) is 20.2. The standard InChI is InChI=1S/C18H16N4O2/c19-18-20-9-8-16(22-18)13-4-6-14(7-5-13)17(24)21-11-12-2-1-3-15(23)10-12/h1-10,23H,11H2,(H,21,24)(H2,19,20,22). The largest absolute Gasteiger partial charge is 0.508 e. The van der Waals surface area contributed by atoms with Crippen LogP contribution in [0.25, 0.3) is 11.3 Å². The predicted molar refractivity (Wildman–Crippen MR) is 91.2 cm³/mol. The number of hydrogen-bond acceptors (Lipinski definition) is 5. The average Bonchev–Trinajstić information content (AvgIpc) is 2.60. The quantitative estimate of drug-likeness (QED) is 0.685. The van der Waals surface area contributed by atoms with E-state index in [0.29, 0.717) is 17.8 Å². The molecule has 0 saturated heterocycles. The number of nitrogens with zero attached hydrogens (tertiary/aromatic N) is 2. The van der Waals surface area contributed by atoms with Gasteiger partial charge in [-0.3, -0.25) is 4.79 Å². The van der Waals surface area contributed by atoms with E-state index in [0.717, 1.165) is 11.1 Å². The van der Waals surface area contributed by atoms with Gasteiger partial charge in [0.2, 0.25) is 5.95 Å². The van der Waals surface area contributed by atoms with Crippen LogP contribution in [0.4, 0.5) is 5.95 Å². The van der Waals surface area contributed by atoms with Crippen LogP contribution in [0.2, 0.25) is 0 Å². The number of aromatic hydroxyl groups is 1. The maximum absolute atomic E-state index is 12.2. The highest BCUT2D eigenvalue weighted by molar-refractivity contribution is 5.94. The van der Waals surface area contributed by atoms with Gasteiger partial charge in [0, 0.05) is 23.9 Å². The van der Waals surface area contributed by atoms with E-state index >= 15 is 0 Å². The number of nitrogen functional groups attached to an aromatic ring is 1. The summed E-state index contributed by atoms with van der Waals surface area (Å²) in [6, 6.07) is 15.6. The van der Waals surface area contributed by atoms with Crippen molar-refractivity contribution in [2.45, 2.75) is 6.54 Å². The Morgan fingerprint density at radius 2 is 1.92 bits per heavy atom. The SMILES string of the molecule is Nc1nccc(-c2ccc(C(=O)NCc3cccc(O)c3)cc2)n1. The number of carbonyl (C=O) groups is 1. The molecule has 3 rings (SSSR count). The average molecular weight is 320 g/mol. The number of rotatable bonds is 4. The van der Waals surface area contributed by atoms with Crippen LogP contribution in [0.5, 0.6) is 5.75 Å². The summed E-state index contributed by atoms with van der Waals surface area (Å²) in [6.45, 7) is 0.345. The van der Waals surface area contributed by atoms with Gasteiger partial charge in [-0.15, -0.1) is 0 Å². The second-order valence-electron chi connectivity index (χ2n) is 5.23. The number of aromatic nitrogens is 2. The Labute approximate surface area is 139 Å². The van der Waals surface area contributed by atoms with Crippen molar-refractivity contribution in [3.8, 4) is 17.0 Å². The zero-order valence-corrected chi connectivity index (χ0v) is 12.8. The van der Waals surface area contributed by atoms with Crippen LogP contribution >= 0.6 is 0 Å². The van der Waals surface area contributed by atoms with Gasteiger partial charge in [-0.05, 0) is 35.9 Å². The Hall–Kier alpha value is -3.41. The molecule has 0 unspecified atom stereocenters. The third-order valence-electron chi connectivity index (χ3n) is 3.48. The minimum absolute atomic E-state index is 0.176. The van der Waals surface area contributed by atoms with E-state index in [1.807, 2.05) is 18.2 Å². The van der Waals surface area contributed by atoms with Crippen LogP contribution in [-0.2, 0) is 6.54 Å². The monoisotopic (exact) mass is 320 g/mol. The van der Waals surface area contributed by atoms with Crippen molar-refractivity contribution < 1.29 is 9.90 Å². The molecule has 0 bridgehead atoms. The molecule has 0 spiro atoms. The first-order valence-electron chi connectivity index (χ1n) is 7.37. The summed E-state index contributed by atoms with van der Waals surface area (Å²) < 4.78 is 0. The van der Waals surface area contributed by atoms with Crippen molar-refractivity contribution in [3.05, 3.63) is 71.9 Å². The van der Waals surface area contributed by atoms with Crippen LogP contribution in [0.3, 0.4) is 0 Å². The van der Waals surface area contributed by atoms with Crippen LogP contribution in [0.15, 0.2) is 60.8 Å². The third kappa shape index (κ3) is 3.67. The molecule has 0 atom stereocenters. The lowest BCUT2D eigenvalue weighted by molar-refractivity contribution is 0.0951. The van der Waals surface area contributed by atoms with Gasteiger partial charge in [0.05, 0.1) is 5.69 Å². The first-order valence-corrected chi connectivity index (χ1v) is 7.37. The molecule has 1 amide bonds. The number of amides is 1. The first-order chi connectivity index (χ1) is 11.6. The Balaban J connectivity index is 1.68. The van der Waals surface area contributed by atoms with E-state index in [4.69, 9.17) is 5.73 Å². The summed E-state index contributed by atoms with van der Waals surface area (Å²) in [5.74, 6) is 0.197. The van der Waals surface area contributed by atoms with Crippen LogP contribution in [-0.4, -0.2) is 21.0 Å². The molecule has 0 aliphatic rings. The van der Waals surface area contributed by atoms with Crippen molar-refractivity contribution in [2.24, 2.45) is 0 Å². The van der Waals surface area contributed by atoms with Gasteiger partial charge in [0.25, 0.3) is 5.91 Å². The smallest absolute Gasteiger partial charge is 0.251 e. The number of phenols is 1. The summed E-state index contributed by atoms with van der Waals surface area (Å²) in [6.07, 6.45) is 1.59. The van der Waals surface area contributed by atoms with Gasteiger partial charge < -0.3 is 16.2 Å². The minimum atomic E-state index is -0.188. The molecular weight excluding hydrogens is 304 g/mol. The molecule has 120 valence electrons. The zero-order chi connectivity index (χ0) is 16.9. The third-order valence-corrected chi connectivity index (χ3v) is 3.48. The molecule has 1 heterocycles. The molecule has 6 heteroatoms. The lowest BCUT2D eigenvalue weighted by Gasteiger charge is -2.07. The van der Waals surface area contributed by atoms with Gasteiger partial charge in [0.1, 0.15) is 5.75 Å². The van der Waals surface area contributed by atoms with Crippen molar-refractivity contribution in [3.63, 3.8) is 0 Å². The van der Waals surface area contributed by atoms with E-state index < -0.39 is 0 Å². The molecule has 0 saturated carbocycles. The van der Waals surface area contributed by atoms with E-state index in [2.05, 4.69) is 15.3 Å². The van der Waals surface area contributed by atoms with Crippen molar-refractivity contribution >= 4 is 11.9 Å². The highest BCUT2D eigenvalue weighted by Crippen LogP contribution is 2.18. The Morgan fingerprint density at radius 3 is 2.62 bits per heavy atom. The second-order valence-corrected chi connectivity index (χ2v) is 5.23. The van der Waals surface area contributed by atoms with E-state index in [1.165, 1.54) is 0 Å². The minimum Gasteiger partial charge on any atom is -0.508 e. The van der Waals surface area contributed by atoms with Crippen molar-refractivity contribution in [1.82, 2.24) is 15.3 Å². The fourth-order valence-electron chi connectivity index (χ4n) is 2.28. The van der Waals surface area contributed by atoms with Gasteiger partial charge in [-0.25, -0.2) is 9.97 Å². The molecule has 2 aromatic carbocycles. The normalized spacial score (nSPS) is 10.3. The summed E-state index contributed by atoms with van der Waals surface area (Å²) in [5, 5.41) is 12.2. The lowest BCUT2D eigenvalue weighted by atomic mass is 10.1. The maximum Gasteiger partial charge on any atom is 0.251 e. The maximum atomic E-state index is 12.2. The molecule has 0 fully saturated rings. The van der Waals surface area contributed by atoms with Gasteiger partial charge in [-0.1, -0.05) is 24.3 Å². The number of anilines is 1. The number of phenolic OH excluding ortho intramolecular Hbond substituents is 1. The Morgan fingerprint density at radius 1 is 1.12 bits per heavy atom. The van der Waals surface area contributed by atoms with Crippen molar-refractivity contribution in [2.75, 3.05) is 5.73 Å². The molecule has 4 N–H and O–H groups in total. The Kier molecular flexibility index (Phi) is 4.38. The lowest BCUT2D eigenvalue weighted by Crippen LogP contribution is -2.22. The van der Waals surface area contributed by atoms with E-state index in [1.54, 1.807) is 42.6 Å². The summed E-state index contributed by atoms with van der Waals surface area (Å²) >= 11 is 0. The molecule has 0 radical (unpaired) electrons. The highest BCUT2D eigenvalue weighted by Gasteiger charge is 2.07. The molecule has 0 aliphatic carbocycles. The number of benzene rings is 2. The highest BCUT2D eigenvalue weighted by atomic mass is 16.3. The molecule has 0 aliphatic heterocycles. The predicted octanol–water partition coefficient (Wildman–Crippen LogP) is 2.36. The van der Waals surface area contributed by atoms with Crippen LogP contribution in [0, 0.1) is 0 Å². The van der Waals surface area contributed by atoms with Crippen molar-refractivity contribution in [1.29, 1.82) is 0 Å². The molecular formula is C18H16N4O2. The summed E-state index contributed by atoms with van der Waals surface area (Å²) in [5.41, 5.74) is 8.51. The van der Waals surface area contributed by atoms with Gasteiger partial charge in [-0.2, -0.15) is 0 Å². The first kappa shape index (κ1) is 15.5. The second kappa shape index (κ2) is 6.78. The zero-order valence-electron chi connectivity index (χ0n) is 12.8. The summed E-state index contributed by atoms with van der Waals surface area (Å²) in [7, 11) is 0. The fourth-order valence-corrected chi connectivity index (χ4v) is 2.28. The van der Waals surface area contributed by atoms with E-state index in [9.17, 15) is 9.90 Å². The van der Waals surface area contributed by atoms with E-state index in [-0.39, 0.29) is 17.6 Å². The molecule has 3 aromatic rings. The molecule has 1 aromatic heterocycles. The topological polar surface area (TPSA) is 101 Å². The number of nitrogens with one attached hydrogen (secondary N) is 1. The molecule has 6 nitrogen and oxygen atoms in total. The number of carbonyl (C=O) groups excluding carboxylic acids is 1. The Bertz CT molecular complexity index is 863. The molecule has 24 heavy (non-hydrogen) atoms. The fraction of sp³-hybridized carbons (Fsp3) is 0.0556.